The van der Waals surface area contributed by atoms with Crippen molar-refractivity contribution in [2.45, 2.75) is 96.0 Å². The number of hydrogen-bond acceptors (Lipinski definition) is 7. The summed E-state index contributed by atoms with van der Waals surface area (Å²) in [5.41, 5.74) is 4.31. The molecule has 0 unspecified atom stereocenters. The van der Waals surface area contributed by atoms with E-state index in [1.165, 1.54) is 25.0 Å². The Hall–Kier alpha value is -5.03. The minimum atomic E-state index is -4.40. The van der Waals surface area contributed by atoms with Crippen molar-refractivity contribution in [2.24, 2.45) is 29.1 Å². The van der Waals surface area contributed by atoms with Crippen molar-refractivity contribution in [3.05, 3.63) is 124 Å². The summed E-state index contributed by atoms with van der Waals surface area (Å²) in [5.74, 6) is 1.44. The summed E-state index contributed by atoms with van der Waals surface area (Å²) >= 11 is 0. The van der Waals surface area contributed by atoms with E-state index in [1.54, 1.807) is 24.3 Å². The Kier molecular flexibility index (Phi) is 11.9. The first-order chi connectivity index (χ1) is 27.3. The molecule has 2 amide bonds. The highest BCUT2D eigenvalue weighted by Gasteiger charge is 2.57. The molecule has 0 radical (unpaired) electrons. The monoisotopic (exact) mass is 790 g/mol. The summed E-state index contributed by atoms with van der Waals surface area (Å²) in [6.07, 6.45) is 9.06. The van der Waals surface area contributed by atoms with Gasteiger partial charge in [0.25, 0.3) is 21.6 Å². The second-order valence-electron chi connectivity index (χ2n) is 17.1. The van der Waals surface area contributed by atoms with Crippen LogP contribution in [0.25, 0.3) is 11.1 Å². The first-order valence-corrected chi connectivity index (χ1v) is 21.9. The predicted molar refractivity (Wildman–Crippen MR) is 223 cm³/mol. The minimum absolute atomic E-state index is 0.131. The number of amides is 2. The van der Waals surface area contributed by atoms with Crippen LogP contribution in [0.15, 0.2) is 102 Å². The van der Waals surface area contributed by atoms with Gasteiger partial charge in [-0.3, -0.25) is 19.7 Å². The van der Waals surface area contributed by atoms with Gasteiger partial charge in [0.05, 0.1) is 9.82 Å². The van der Waals surface area contributed by atoms with Gasteiger partial charge in [-0.25, -0.2) is 13.1 Å². The quantitative estimate of drug-likeness (QED) is 0.0959. The zero-order valence-corrected chi connectivity index (χ0v) is 34.0. The van der Waals surface area contributed by atoms with Crippen LogP contribution >= 0.6 is 0 Å². The average Bonchev–Trinajstić information content (AvgIpc) is 3.22. The van der Waals surface area contributed by atoms with Crippen LogP contribution in [0.5, 0.6) is 0 Å². The molecule has 57 heavy (non-hydrogen) atoms. The third-order valence-corrected chi connectivity index (χ3v) is 14.6. The second-order valence-corrected chi connectivity index (χ2v) is 18.7. The van der Waals surface area contributed by atoms with Crippen LogP contribution in [0, 0.1) is 39.2 Å². The first kappa shape index (κ1) is 40.2. The molecule has 4 saturated carbocycles. The Bertz CT molecular complexity index is 2180. The van der Waals surface area contributed by atoms with Crippen molar-refractivity contribution < 1.29 is 22.9 Å². The number of nitrogens with one attached hydrogen (secondary N) is 2. The van der Waals surface area contributed by atoms with E-state index in [-0.39, 0.29) is 33.8 Å². The highest BCUT2D eigenvalue weighted by Crippen LogP contribution is 2.62. The maximum Gasteiger partial charge on any atom is 0.293 e. The lowest BCUT2D eigenvalue weighted by molar-refractivity contribution is -0.384. The molecule has 11 heteroatoms. The Balaban J connectivity index is 0.998. The molecule has 300 valence electrons. The van der Waals surface area contributed by atoms with Crippen LogP contribution in [-0.4, -0.2) is 42.6 Å². The zero-order valence-electron chi connectivity index (χ0n) is 33.2. The standard InChI is InChI=1S/C46H54N4O6S/c1-31-40-26-38(46(40,2)3)27-42(31)49(44(51)25-16-32-10-6-4-7-11-32)30-34-14-17-35(18-15-34)36-19-21-37(22-20-36)45(52)48-57(55,56)39-23-24-41(43(28-39)50(53)54)47-29-33-12-8-5-9-13-33/h4,6-7,10-11,14-15,17-24,28,31,33,38,40,42,47H,5,8-9,12-13,16,25-27,29-30H2,1-3H3,(H,48,52)/t31-,38-,40+,42+/m1/s1. The number of nitrogens with zero attached hydrogens (tertiary/aromatic N) is 2. The number of nitro benzene ring substituents is 1. The Morgan fingerprint density at radius 2 is 1.53 bits per heavy atom. The van der Waals surface area contributed by atoms with Crippen molar-refractivity contribution in [1.82, 2.24) is 9.62 Å². The van der Waals surface area contributed by atoms with Gasteiger partial charge in [-0.15, -0.1) is 0 Å². The topological polar surface area (TPSA) is 139 Å². The van der Waals surface area contributed by atoms with Crippen molar-refractivity contribution in [1.29, 1.82) is 0 Å². The molecular weight excluding hydrogens is 737 g/mol. The molecule has 4 fully saturated rings. The van der Waals surface area contributed by atoms with Crippen molar-refractivity contribution in [3.8, 4) is 11.1 Å². The molecule has 0 aromatic heterocycles. The minimum Gasteiger partial charge on any atom is -0.379 e. The molecule has 0 heterocycles. The smallest absolute Gasteiger partial charge is 0.293 e. The summed E-state index contributed by atoms with van der Waals surface area (Å²) in [5, 5.41) is 15.0. The maximum atomic E-state index is 13.9. The van der Waals surface area contributed by atoms with Gasteiger partial charge in [-0.1, -0.05) is 107 Å². The molecule has 8 rings (SSSR count). The molecule has 0 spiro atoms. The average molecular weight is 791 g/mol. The van der Waals surface area contributed by atoms with Crippen LogP contribution in [0.3, 0.4) is 0 Å². The summed E-state index contributed by atoms with van der Waals surface area (Å²) in [6, 6.07) is 28.8. The number of hydrogen-bond donors (Lipinski definition) is 2. The fourth-order valence-corrected chi connectivity index (χ4v) is 10.6. The number of aryl methyl sites for hydroxylation is 1. The molecule has 0 saturated heterocycles. The second kappa shape index (κ2) is 16.8. The Labute approximate surface area is 336 Å². The van der Waals surface area contributed by atoms with E-state index in [9.17, 15) is 28.1 Å². The number of rotatable bonds is 14. The van der Waals surface area contributed by atoms with Gasteiger partial charge in [0.1, 0.15) is 5.69 Å². The van der Waals surface area contributed by atoms with Gasteiger partial charge in [0.15, 0.2) is 0 Å². The van der Waals surface area contributed by atoms with Gasteiger partial charge in [-0.05, 0) is 108 Å². The van der Waals surface area contributed by atoms with Gasteiger partial charge in [-0.2, -0.15) is 0 Å². The Morgan fingerprint density at radius 3 is 2.16 bits per heavy atom. The van der Waals surface area contributed by atoms with Crippen LogP contribution in [0.2, 0.25) is 0 Å². The molecule has 0 aliphatic heterocycles. The predicted octanol–water partition coefficient (Wildman–Crippen LogP) is 9.40. The summed E-state index contributed by atoms with van der Waals surface area (Å²) in [6.45, 7) is 8.21. The number of carbonyl (C=O) groups excluding carboxylic acids is 2. The van der Waals surface area contributed by atoms with Crippen LogP contribution < -0.4 is 10.0 Å². The van der Waals surface area contributed by atoms with Crippen LogP contribution in [0.1, 0.15) is 93.6 Å². The summed E-state index contributed by atoms with van der Waals surface area (Å²) in [4.78, 5) is 40.1. The van der Waals surface area contributed by atoms with E-state index in [4.69, 9.17) is 0 Å². The first-order valence-electron chi connectivity index (χ1n) is 20.4. The molecule has 4 aromatic carbocycles. The van der Waals surface area contributed by atoms with Crippen molar-refractivity contribution in [3.63, 3.8) is 0 Å². The van der Waals surface area contributed by atoms with E-state index >= 15 is 0 Å². The van der Waals surface area contributed by atoms with E-state index in [1.807, 2.05) is 42.5 Å². The third-order valence-electron chi connectivity index (χ3n) is 13.3. The van der Waals surface area contributed by atoms with E-state index in [0.29, 0.717) is 55.0 Å². The normalized spacial score (nSPS) is 21.5. The number of anilines is 1. The number of carbonyl (C=O) groups is 2. The number of fused-ring (bicyclic) bond motifs is 2. The lowest BCUT2D eigenvalue weighted by Gasteiger charge is -2.63. The summed E-state index contributed by atoms with van der Waals surface area (Å²) < 4.78 is 28.5. The highest BCUT2D eigenvalue weighted by molar-refractivity contribution is 7.90. The Morgan fingerprint density at radius 1 is 0.860 bits per heavy atom. The van der Waals surface area contributed by atoms with E-state index in [0.717, 1.165) is 60.4 Å². The van der Waals surface area contributed by atoms with E-state index < -0.39 is 20.9 Å². The van der Waals surface area contributed by atoms with Gasteiger partial charge < -0.3 is 10.2 Å². The largest absolute Gasteiger partial charge is 0.379 e. The number of sulfonamides is 1. The molecular formula is C46H54N4O6S. The summed E-state index contributed by atoms with van der Waals surface area (Å²) in [7, 11) is -4.40. The molecule has 4 aliphatic carbocycles. The molecule has 4 aliphatic rings. The lowest BCUT2D eigenvalue weighted by atomic mass is 9.44. The van der Waals surface area contributed by atoms with E-state index in [2.05, 4.69) is 47.8 Å². The highest BCUT2D eigenvalue weighted by atomic mass is 32.2. The number of benzene rings is 4. The van der Waals surface area contributed by atoms with Gasteiger partial charge in [0, 0.05) is 37.2 Å². The maximum absolute atomic E-state index is 13.9. The molecule has 2 N–H and O–H groups in total. The molecule has 4 atom stereocenters. The van der Waals surface area contributed by atoms with Crippen molar-refractivity contribution >= 4 is 33.2 Å². The zero-order chi connectivity index (χ0) is 40.3. The van der Waals surface area contributed by atoms with Gasteiger partial charge >= 0.3 is 0 Å². The SMILES string of the molecule is C[C@H]1[C@@H](N(Cc2ccc(-c3ccc(C(=O)NS(=O)(=O)c4ccc(NCC5CCCCC5)c([N+](=O)[O-])c4)cc3)cc2)C(=O)CCc2ccccc2)C[C@H]2C[C@@H]1C2(C)C. The fraction of sp³-hybridized carbons (Fsp3) is 0.435. The third kappa shape index (κ3) is 8.93. The van der Waals surface area contributed by atoms with Crippen molar-refractivity contribution in [2.75, 3.05) is 11.9 Å². The van der Waals surface area contributed by atoms with Crippen LogP contribution in [-0.2, 0) is 27.8 Å². The van der Waals surface area contributed by atoms with Gasteiger partial charge in [0.2, 0.25) is 5.91 Å². The van der Waals surface area contributed by atoms with Crippen LogP contribution in [0.4, 0.5) is 11.4 Å². The molecule has 4 aromatic rings. The molecule has 10 nitrogen and oxygen atoms in total. The molecule has 2 bridgehead atoms. The number of nitro groups is 1. The lowest BCUT2D eigenvalue weighted by Crippen LogP contribution is -2.61. The fourth-order valence-electron chi connectivity index (χ4n) is 9.64.